The van der Waals surface area contributed by atoms with Crippen molar-refractivity contribution in [3.8, 4) is 46.0 Å². The molecule has 0 bridgehead atoms. The molecule has 0 radical (unpaired) electrons. The summed E-state index contributed by atoms with van der Waals surface area (Å²) in [5, 5.41) is 18.1. The second-order valence-electron chi connectivity index (χ2n) is 32.5. The Kier molecular flexibility index (Phi) is 21.0. The maximum Gasteiger partial charge on any atom is 0.694 e. The minimum absolute atomic E-state index is 0.00613. The smallest absolute Gasteiger partial charge is 0.457 e. The number of H-pyrrole nitrogens is 1. The second kappa shape index (κ2) is 29.9. The maximum absolute atomic E-state index is 14.1. The normalized spacial score (nSPS) is 19.9. The summed E-state index contributed by atoms with van der Waals surface area (Å²) < 4.78 is 78.4. The number of rotatable bonds is 13. The van der Waals surface area contributed by atoms with Gasteiger partial charge in [0.05, 0.1) is 63.5 Å². The van der Waals surface area contributed by atoms with E-state index in [-0.39, 0.29) is 104 Å². The first kappa shape index (κ1) is 80.7. The lowest BCUT2D eigenvalue weighted by Crippen LogP contribution is -2.43. The number of aliphatic hydroxyl groups is 1. The summed E-state index contributed by atoms with van der Waals surface area (Å²) in [6, 6.07) is 25.0. The van der Waals surface area contributed by atoms with E-state index in [0.717, 1.165) is 9.14 Å². The molecule has 14 rings (SSSR count). The number of nitrogens with one attached hydrogen (secondary N) is 4. The van der Waals surface area contributed by atoms with Crippen molar-refractivity contribution in [2.24, 2.45) is 21.7 Å². The fourth-order valence-corrected chi connectivity index (χ4v) is 13.7. The molecule has 7 aliphatic rings. The molecule has 8 heterocycles. The Morgan fingerprint density at radius 1 is 0.565 bits per heavy atom. The molecule has 6 aromatic carbocycles. The van der Waals surface area contributed by atoms with E-state index in [0.29, 0.717) is 27.8 Å². The van der Waals surface area contributed by atoms with Crippen molar-refractivity contribution in [1.82, 2.24) is 25.5 Å². The number of urea groups is 1. The number of aromatic nitrogens is 2. The molecule has 32 nitrogen and oxygen atoms in total. The van der Waals surface area contributed by atoms with Crippen LogP contribution < -0.4 is 55.6 Å². The molecule has 0 aliphatic carbocycles. The van der Waals surface area contributed by atoms with Crippen LogP contribution in [0.2, 0.25) is 0 Å². The number of aryl methyl sites for hydroxylation is 1. The zero-order chi connectivity index (χ0) is 83.2. The first-order valence-corrected chi connectivity index (χ1v) is 37.5. The van der Waals surface area contributed by atoms with Gasteiger partial charge in [0.2, 0.25) is 0 Å². The standard InChI is InChI=1S/C41H40N3O14P.C41H39N3O12/c1-20-18-44(38(50)43-33(20)45)32-17-28(31(57-32)19-53-59(51)52)42-34(46)21-8-11-24-27(14-21)41(58-35(24)47)25-12-9-22(54-36(48)39(2,3)4)15-29(25)56-30-16-23(10-13-26(30)41)55-37(49)40(5,6)7;1-20-18-44(38(51)43-33(20)46)32-17-28(31(19-45)55-32)42-34(47)21-8-11-24-27(14-21)41(56-35(24)48)25-12-9-22(52-36(49)39(2,3)4)15-29(25)54-30-16-23(10-13-26(30)41)53-37(50)40(5,6)7/h8-16,18,28,31-32H,17,19H2,1-7H3,(H2-,42,43,45,46,50,51,52);8-16,18,28,31,45H,17,19H2,1-7H3,(H-,42,43,46,47,51)/p+2/b;44-32-/t28-,31-,32-;28-,31-/m11/s1. The molecule has 7 aromatic rings. The highest BCUT2D eigenvalue weighted by molar-refractivity contribution is 7.32. The summed E-state index contributed by atoms with van der Waals surface area (Å²) >= 11 is 0. The van der Waals surface area contributed by atoms with Gasteiger partial charge in [0.25, 0.3) is 23.3 Å². The summed E-state index contributed by atoms with van der Waals surface area (Å²) in [6.07, 6.45) is -0.250. The van der Waals surface area contributed by atoms with Gasteiger partial charge in [-0.05, 0) is 182 Å². The predicted molar refractivity (Wildman–Crippen MR) is 402 cm³/mol. The van der Waals surface area contributed by atoms with Crippen molar-refractivity contribution in [2.75, 3.05) is 13.2 Å². The Morgan fingerprint density at radius 2 is 0.974 bits per heavy atom. The van der Waals surface area contributed by atoms with E-state index in [1.807, 2.05) is 0 Å². The highest BCUT2D eigenvalue weighted by atomic mass is 31.1. The van der Waals surface area contributed by atoms with E-state index >= 15 is 0 Å². The number of benzene rings is 6. The third-order valence-electron chi connectivity index (χ3n) is 19.7. The van der Waals surface area contributed by atoms with Crippen LogP contribution in [0.25, 0.3) is 0 Å². The quantitative estimate of drug-likeness (QED) is 0.0270. The van der Waals surface area contributed by atoms with Crippen LogP contribution in [0.3, 0.4) is 0 Å². The molecule has 33 heteroatoms. The molecule has 2 fully saturated rings. The van der Waals surface area contributed by atoms with Crippen molar-refractivity contribution in [1.29, 1.82) is 0 Å². The van der Waals surface area contributed by atoms with E-state index in [9.17, 15) is 72.1 Å². The zero-order valence-corrected chi connectivity index (χ0v) is 65.7. The number of fused-ring (bicyclic) bond motifs is 12. The number of hydrogen-bond acceptors (Lipinski definition) is 25. The van der Waals surface area contributed by atoms with Crippen LogP contribution in [0.15, 0.2) is 137 Å². The van der Waals surface area contributed by atoms with Gasteiger partial charge in [-0.25, -0.2) is 19.2 Å². The number of carbonyl (C=O) groups excluding carboxylic acids is 10. The fourth-order valence-electron chi connectivity index (χ4n) is 13.4. The molecule has 0 saturated carbocycles. The first-order valence-electron chi connectivity index (χ1n) is 36.4. The molecule has 1 aromatic heterocycles. The minimum Gasteiger partial charge on any atom is -0.457 e. The van der Waals surface area contributed by atoms with Gasteiger partial charge in [-0.15, -0.1) is 14.0 Å². The van der Waals surface area contributed by atoms with Crippen LogP contribution in [0, 0.1) is 28.6 Å². The summed E-state index contributed by atoms with van der Waals surface area (Å²) in [7, 11) is -3.03. The molecular weight excluding hydrogens is 1520 g/mol. The Morgan fingerprint density at radius 3 is 1.37 bits per heavy atom. The molecule has 7 aliphatic heterocycles. The summed E-state index contributed by atoms with van der Waals surface area (Å²) in [5.41, 5.74) is -4.97. The average Bonchev–Trinajstić information content (AvgIpc) is 1.57. The predicted octanol–water partition coefficient (Wildman–Crippen LogP) is 9.67. The summed E-state index contributed by atoms with van der Waals surface area (Å²) in [6.45, 7) is 22.6. The number of hydrogen-bond donors (Lipinski definition) is 6. The number of amides is 5. The van der Waals surface area contributed by atoms with E-state index < -0.39 is 156 Å². The van der Waals surface area contributed by atoms with Gasteiger partial charge < -0.3 is 63.1 Å². The Balaban J connectivity index is 0.000000201. The molecule has 598 valence electrons. The largest absolute Gasteiger partial charge is 0.694 e. The minimum atomic E-state index is -3.03. The van der Waals surface area contributed by atoms with Crippen LogP contribution in [0.1, 0.15) is 189 Å². The number of ether oxygens (including phenoxy) is 10. The Hall–Kier alpha value is -12.4. The van der Waals surface area contributed by atoms with Gasteiger partial charge in [-0.2, -0.15) is 10.1 Å². The van der Waals surface area contributed by atoms with E-state index in [4.69, 9.17) is 51.9 Å². The summed E-state index contributed by atoms with van der Waals surface area (Å²) in [4.78, 5) is 168. The van der Waals surface area contributed by atoms with Crippen molar-refractivity contribution in [2.45, 2.75) is 151 Å². The number of imide groups is 1. The first-order chi connectivity index (χ1) is 53.9. The van der Waals surface area contributed by atoms with E-state index in [1.165, 1.54) is 99.0 Å². The zero-order valence-electron chi connectivity index (χ0n) is 64.8. The third-order valence-corrected chi connectivity index (χ3v) is 20.1. The fraction of sp³-hybridized carbons (Fsp3) is 0.354. The molecule has 5 amide bonds. The maximum atomic E-state index is 14.1. The number of nitrogens with zero attached hydrogens (tertiary/aromatic N) is 2. The SMILES string of the molecule is CC1=C/[N+](=C2\C[C@@H](NC(=O)c3ccc4c(c3)C3(OC4=O)c4ccc(OC(=O)C(C)(C)C)cc4Oc4cc(OC(=O)C(C)(C)C)ccc43)[C@@H](CO)O2)C(=O)NC1=O.Cc1cn([C@H]2C[C@@H](NC(=O)c3ccc4c(c3)C3(OC4=O)c4ccc(OC(=O)C(C)(C)C)cc4Oc4cc(OC(=O)C(C)(C)C)ccc43)[C@@H](CO[P+](=O)O)O2)c(=O)[nH]c1=O. The Labute approximate surface area is 656 Å². The van der Waals surface area contributed by atoms with Gasteiger partial charge in [0, 0.05) is 91.5 Å². The van der Waals surface area contributed by atoms with Gasteiger partial charge in [-0.3, -0.25) is 43.1 Å². The highest BCUT2D eigenvalue weighted by Gasteiger charge is 2.57. The van der Waals surface area contributed by atoms with Crippen molar-refractivity contribution in [3.05, 3.63) is 209 Å². The third kappa shape index (κ3) is 15.6. The van der Waals surface area contributed by atoms with Crippen LogP contribution in [0.4, 0.5) is 4.79 Å². The number of aliphatic hydroxyl groups excluding tert-OH is 1. The van der Waals surface area contributed by atoms with Crippen molar-refractivity contribution in [3.63, 3.8) is 0 Å². The average molecular weight is 1600 g/mol. The number of aromatic amines is 1. The molecule has 2 saturated heterocycles. The number of carbonyl (C=O) groups is 10. The van der Waals surface area contributed by atoms with Crippen LogP contribution in [0.5, 0.6) is 46.0 Å². The van der Waals surface area contributed by atoms with E-state index in [1.54, 1.807) is 119 Å². The molecule has 6 N–H and O–H groups in total. The van der Waals surface area contributed by atoms with Gasteiger partial charge >= 0.3 is 61.7 Å². The lowest BCUT2D eigenvalue weighted by Gasteiger charge is -2.37. The molecule has 2 spiro atoms. The number of esters is 6. The lowest BCUT2D eigenvalue weighted by molar-refractivity contribution is -0.366. The molecule has 1 unspecified atom stereocenters. The van der Waals surface area contributed by atoms with Crippen molar-refractivity contribution < 1.29 is 119 Å². The van der Waals surface area contributed by atoms with Gasteiger partial charge in [0.15, 0.2) is 11.2 Å². The van der Waals surface area contributed by atoms with Crippen LogP contribution in [-0.4, -0.2) is 127 Å². The van der Waals surface area contributed by atoms with Gasteiger partial charge in [-0.1, -0.05) is 0 Å². The van der Waals surface area contributed by atoms with Gasteiger partial charge in [0.1, 0.15) is 77.2 Å². The van der Waals surface area contributed by atoms with Crippen molar-refractivity contribution >= 4 is 73.7 Å². The monoisotopic (exact) mass is 1600 g/mol. The van der Waals surface area contributed by atoms with Crippen LogP contribution >= 0.6 is 8.25 Å². The van der Waals surface area contributed by atoms with Crippen LogP contribution in [-0.2, 0) is 63.2 Å². The Bertz CT molecular complexity index is 5410. The lowest BCUT2D eigenvalue weighted by atomic mass is 9.77. The topological polar surface area (TPSA) is 424 Å². The second-order valence-corrected chi connectivity index (χ2v) is 33.2. The highest BCUT2D eigenvalue weighted by Crippen LogP contribution is 2.60. The molecule has 115 heavy (non-hydrogen) atoms. The molecule has 6 atom stereocenters. The van der Waals surface area contributed by atoms with E-state index in [2.05, 4.69) is 20.9 Å². The summed E-state index contributed by atoms with van der Waals surface area (Å²) in [5.74, 6) is -3.73. The molecular formula is C82H81N6O26P+2.